The third-order valence-electron chi connectivity index (χ3n) is 4.18. The third-order valence-corrected chi connectivity index (χ3v) is 6.17. The molecule has 0 saturated heterocycles. The molecule has 0 aliphatic heterocycles. The Balaban J connectivity index is 1.96. The highest BCUT2D eigenvalue weighted by atomic mass is 35.5. The fraction of sp³-hybridized carbons (Fsp3) is 0.294. The van der Waals surface area contributed by atoms with E-state index in [1.807, 2.05) is 24.3 Å². The molecule has 0 radical (unpaired) electrons. The van der Waals surface area contributed by atoms with E-state index in [-0.39, 0.29) is 11.3 Å². The van der Waals surface area contributed by atoms with E-state index in [0.717, 1.165) is 16.9 Å². The second-order valence-electron chi connectivity index (χ2n) is 5.58. The number of hydrogen-bond acceptors (Lipinski definition) is 2. The van der Waals surface area contributed by atoms with Gasteiger partial charge < -0.3 is 5.73 Å². The zero-order valence-corrected chi connectivity index (χ0v) is 13.4. The number of halogens is 1. The Hall–Kier alpha value is -1.16. The Morgan fingerprint density at radius 2 is 1.86 bits per heavy atom. The van der Waals surface area contributed by atoms with Crippen LogP contribution in [0.25, 0.3) is 0 Å². The zero-order chi connectivity index (χ0) is 15.0. The van der Waals surface area contributed by atoms with E-state index in [1.54, 1.807) is 12.1 Å². The second-order valence-corrected chi connectivity index (χ2v) is 7.69. The molecule has 0 bridgehead atoms. The van der Waals surface area contributed by atoms with Crippen LogP contribution in [0.2, 0.25) is 5.02 Å². The van der Waals surface area contributed by atoms with Gasteiger partial charge in [0.25, 0.3) is 0 Å². The molecule has 0 heterocycles. The first-order chi connectivity index (χ1) is 10.1. The van der Waals surface area contributed by atoms with Crippen LogP contribution >= 0.6 is 11.6 Å². The summed E-state index contributed by atoms with van der Waals surface area (Å²) in [5, 5.41) is 0.534. The van der Waals surface area contributed by atoms with Crippen LogP contribution < -0.4 is 5.73 Å². The summed E-state index contributed by atoms with van der Waals surface area (Å²) in [5.74, 6) is 0.370. The highest BCUT2D eigenvalue weighted by Gasteiger charge is 2.34. The molecule has 2 aromatic carbocycles. The maximum Gasteiger partial charge on any atom is 0.0593 e. The number of hydrogen-bond donors (Lipinski definition) is 1. The molecule has 0 amide bonds. The highest BCUT2D eigenvalue weighted by molar-refractivity contribution is 7.85. The minimum atomic E-state index is -1.15. The van der Waals surface area contributed by atoms with Crippen molar-refractivity contribution in [2.75, 3.05) is 0 Å². The van der Waals surface area contributed by atoms with Crippen molar-refractivity contribution >= 4 is 22.4 Å². The molecule has 3 rings (SSSR count). The fourth-order valence-corrected chi connectivity index (χ4v) is 5.01. The Morgan fingerprint density at radius 3 is 2.57 bits per heavy atom. The van der Waals surface area contributed by atoms with Crippen LogP contribution in [0.15, 0.2) is 53.4 Å². The van der Waals surface area contributed by atoms with Gasteiger partial charge >= 0.3 is 0 Å². The number of rotatable bonds is 2. The predicted octanol–water partition coefficient (Wildman–Crippen LogP) is 4.02. The number of fused-ring (bicyclic) bond motifs is 1. The standard InChI is InChI=1S/C17H18ClNOS/c1-11-9-16(17(19)15-8-3-2-7-14(11)15)21(20)13-6-4-5-12(18)10-13/h2-8,10-11,16-17H,9,19H2,1H3. The van der Waals surface area contributed by atoms with Crippen molar-refractivity contribution in [3.8, 4) is 0 Å². The average molecular weight is 320 g/mol. The lowest BCUT2D eigenvalue weighted by atomic mass is 9.81. The van der Waals surface area contributed by atoms with E-state index >= 15 is 0 Å². The van der Waals surface area contributed by atoms with Gasteiger partial charge in [-0.1, -0.05) is 48.9 Å². The molecule has 1 aliphatic carbocycles. The molecular weight excluding hydrogens is 302 g/mol. The summed E-state index contributed by atoms with van der Waals surface area (Å²) in [7, 11) is -1.15. The normalized spacial score (nSPS) is 26.1. The van der Waals surface area contributed by atoms with E-state index in [4.69, 9.17) is 17.3 Å². The first kappa shape index (κ1) is 14.8. The quantitative estimate of drug-likeness (QED) is 0.908. The molecule has 2 aromatic rings. The maximum atomic E-state index is 12.9. The molecule has 110 valence electrons. The van der Waals surface area contributed by atoms with Gasteiger partial charge in [-0.15, -0.1) is 0 Å². The minimum Gasteiger partial charge on any atom is -0.323 e. The lowest BCUT2D eigenvalue weighted by Gasteiger charge is -2.34. The summed E-state index contributed by atoms with van der Waals surface area (Å²) in [4.78, 5) is 0.759. The lowest BCUT2D eigenvalue weighted by molar-refractivity contribution is 0.513. The summed E-state index contributed by atoms with van der Waals surface area (Å²) in [5.41, 5.74) is 8.81. The van der Waals surface area contributed by atoms with Crippen molar-refractivity contribution in [3.05, 3.63) is 64.7 Å². The maximum absolute atomic E-state index is 12.9. The lowest BCUT2D eigenvalue weighted by Crippen LogP contribution is -2.36. The van der Waals surface area contributed by atoms with Gasteiger partial charge in [0, 0.05) is 16.0 Å². The van der Waals surface area contributed by atoms with Gasteiger partial charge in [-0.25, -0.2) is 0 Å². The zero-order valence-electron chi connectivity index (χ0n) is 11.8. The van der Waals surface area contributed by atoms with E-state index < -0.39 is 10.8 Å². The van der Waals surface area contributed by atoms with E-state index in [0.29, 0.717) is 10.9 Å². The second kappa shape index (κ2) is 5.91. The average Bonchev–Trinajstić information content (AvgIpc) is 2.50. The van der Waals surface area contributed by atoms with E-state index in [2.05, 4.69) is 19.1 Å². The molecule has 0 aromatic heterocycles. The molecule has 0 saturated carbocycles. The van der Waals surface area contributed by atoms with Gasteiger partial charge in [-0.2, -0.15) is 0 Å². The van der Waals surface area contributed by atoms with Gasteiger partial charge in [0.15, 0.2) is 0 Å². The van der Waals surface area contributed by atoms with Crippen LogP contribution in [-0.4, -0.2) is 9.46 Å². The molecule has 4 heteroatoms. The molecule has 21 heavy (non-hydrogen) atoms. The van der Waals surface area contributed by atoms with Crippen LogP contribution in [0.5, 0.6) is 0 Å². The first-order valence-corrected chi connectivity index (χ1v) is 8.67. The topological polar surface area (TPSA) is 43.1 Å². The largest absolute Gasteiger partial charge is 0.323 e. The van der Waals surface area contributed by atoms with Crippen LogP contribution in [0, 0.1) is 0 Å². The summed E-state index contributed by atoms with van der Waals surface area (Å²) in [6.45, 7) is 2.17. The van der Waals surface area contributed by atoms with Crippen molar-refractivity contribution in [1.29, 1.82) is 0 Å². The van der Waals surface area contributed by atoms with E-state index in [9.17, 15) is 4.21 Å². The van der Waals surface area contributed by atoms with Crippen LogP contribution in [0.3, 0.4) is 0 Å². The van der Waals surface area contributed by atoms with Gasteiger partial charge in [-0.3, -0.25) is 4.21 Å². The molecule has 4 unspecified atom stereocenters. The van der Waals surface area contributed by atoms with Crippen molar-refractivity contribution < 1.29 is 4.21 Å². The van der Waals surface area contributed by atoms with Gasteiger partial charge in [0.05, 0.1) is 16.0 Å². The fourth-order valence-electron chi connectivity index (χ4n) is 3.07. The summed E-state index contributed by atoms with van der Waals surface area (Å²) in [6, 6.07) is 15.3. The van der Waals surface area contributed by atoms with Crippen molar-refractivity contribution in [3.63, 3.8) is 0 Å². The first-order valence-electron chi connectivity index (χ1n) is 7.08. The molecular formula is C17H18ClNOS. The smallest absolute Gasteiger partial charge is 0.0593 e. The molecule has 2 nitrogen and oxygen atoms in total. The highest BCUT2D eigenvalue weighted by Crippen LogP contribution is 2.39. The van der Waals surface area contributed by atoms with Crippen LogP contribution in [-0.2, 0) is 10.8 Å². The SMILES string of the molecule is CC1CC(S(=O)c2cccc(Cl)c2)C(N)c2ccccc21. The molecule has 0 spiro atoms. The predicted molar refractivity (Wildman–Crippen MR) is 88.1 cm³/mol. The summed E-state index contributed by atoms with van der Waals surface area (Å²) >= 11 is 6.01. The monoisotopic (exact) mass is 319 g/mol. The van der Waals surface area contributed by atoms with Crippen molar-refractivity contribution in [2.24, 2.45) is 5.73 Å². The Morgan fingerprint density at radius 1 is 1.14 bits per heavy atom. The third kappa shape index (κ3) is 2.78. The van der Waals surface area contributed by atoms with Gasteiger partial charge in [-0.05, 0) is 41.7 Å². The number of benzene rings is 2. The van der Waals surface area contributed by atoms with E-state index in [1.165, 1.54) is 5.56 Å². The molecule has 0 fully saturated rings. The molecule has 2 N–H and O–H groups in total. The minimum absolute atomic E-state index is 0.0756. The van der Waals surface area contributed by atoms with Crippen LogP contribution in [0.1, 0.15) is 36.4 Å². The van der Waals surface area contributed by atoms with Crippen LogP contribution in [0.4, 0.5) is 0 Å². The van der Waals surface area contributed by atoms with Gasteiger partial charge in [0.1, 0.15) is 0 Å². The Kier molecular flexibility index (Phi) is 4.16. The Bertz CT molecular complexity index is 688. The molecule has 1 aliphatic rings. The summed E-state index contributed by atoms with van der Waals surface area (Å²) < 4.78 is 12.9. The Labute approximate surface area is 132 Å². The number of nitrogens with two attached hydrogens (primary N) is 1. The van der Waals surface area contributed by atoms with Crippen molar-refractivity contribution in [2.45, 2.75) is 35.4 Å². The molecule has 4 atom stereocenters. The van der Waals surface area contributed by atoms with Crippen molar-refractivity contribution in [1.82, 2.24) is 0 Å². The van der Waals surface area contributed by atoms with Gasteiger partial charge in [0.2, 0.25) is 0 Å². The summed E-state index contributed by atoms with van der Waals surface area (Å²) in [6.07, 6.45) is 0.831.